The van der Waals surface area contributed by atoms with Crippen LogP contribution in [0.25, 0.3) is 22.3 Å². The summed E-state index contributed by atoms with van der Waals surface area (Å²) in [4.78, 5) is 12.8. The number of aromatic hydroxyl groups is 1. The zero-order valence-electron chi connectivity index (χ0n) is 14.1. The fraction of sp³-hybridized carbons (Fsp3) is 0.211. The lowest BCUT2D eigenvalue weighted by Crippen LogP contribution is -2.23. The van der Waals surface area contributed by atoms with Gasteiger partial charge in [0.1, 0.15) is 17.2 Å². The summed E-state index contributed by atoms with van der Waals surface area (Å²) in [6.07, 6.45) is 0. The average molecular weight is 393 g/mol. The van der Waals surface area contributed by atoms with E-state index in [-0.39, 0.29) is 27.6 Å². The van der Waals surface area contributed by atoms with E-state index in [1.807, 2.05) is 0 Å². The van der Waals surface area contributed by atoms with Crippen molar-refractivity contribution in [2.24, 2.45) is 0 Å². The number of nitrogens with zero attached hydrogens (tertiary/aromatic N) is 2. The van der Waals surface area contributed by atoms with Gasteiger partial charge in [0.25, 0.3) is 5.56 Å². The van der Waals surface area contributed by atoms with Crippen LogP contribution >= 0.6 is 11.6 Å². The van der Waals surface area contributed by atoms with Crippen molar-refractivity contribution < 1.29 is 18.6 Å². The van der Waals surface area contributed by atoms with Crippen LogP contribution in [0.15, 0.2) is 41.2 Å². The van der Waals surface area contributed by atoms with Crippen molar-refractivity contribution in [3.05, 3.63) is 63.4 Å². The Bertz CT molecular complexity index is 1090. The average Bonchev–Trinajstić information content (AvgIpc) is 2.81. The van der Waals surface area contributed by atoms with Crippen LogP contribution in [0.3, 0.4) is 0 Å². The smallest absolute Gasteiger partial charge is 0.278 e. The third kappa shape index (κ3) is 3.02. The topological polar surface area (TPSA) is 56.4 Å². The number of hydrogen-bond donors (Lipinski definition) is 1. The van der Waals surface area contributed by atoms with Gasteiger partial charge in [0.05, 0.1) is 26.3 Å². The predicted octanol–water partition coefficient (Wildman–Crippen LogP) is 3.65. The minimum absolute atomic E-state index is 0.0475. The van der Waals surface area contributed by atoms with E-state index in [2.05, 4.69) is 0 Å². The van der Waals surface area contributed by atoms with Crippen LogP contribution in [0.1, 0.15) is 0 Å². The molecule has 1 aliphatic heterocycles. The molecule has 0 aliphatic carbocycles. The second-order valence-corrected chi connectivity index (χ2v) is 6.59. The van der Waals surface area contributed by atoms with Gasteiger partial charge in [-0.1, -0.05) is 17.7 Å². The molecule has 1 aromatic heterocycles. The van der Waals surface area contributed by atoms with Crippen molar-refractivity contribution in [2.45, 2.75) is 13.1 Å². The van der Waals surface area contributed by atoms with Crippen molar-refractivity contribution >= 4 is 11.6 Å². The summed E-state index contributed by atoms with van der Waals surface area (Å²) in [5.41, 5.74) is 0.515. The summed E-state index contributed by atoms with van der Waals surface area (Å²) in [6, 6.07) is 7.87. The van der Waals surface area contributed by atoms with Crippen LogP contribution < -0.4 is 5.56 Å². The molecular formula is C19H15ClF2N2O3. The Hall–Kier alpha value is -2.64. The molecule has 1 aliphatic rings. The zero-order chi connectivity index (χ0) is 19.1. The van der Waals surface area contributed by atoms with Gasteiger partial charge in [-0.3, -0.25) is 4.79 Å². The van der Waals surface area contributed by atoms with Gasteiger partial charge >= 0.3 is 0 Å². The molecule has 0 fully saturated rings. The first kappa shape index (κ1) is 17.8. The van der Waals surface area contributed by atoms with E-state index >= 15 is 0 Å². The summed E-state index contributed by atoms with van der Waals surface area (Å²) in [5.74, 6) is -1.63. The van der Waals surface area contributed by atoms with Gasteiger partial charge in [-0.05, 0) is 29.8 Å². The summed E-state index contributed by atoms with van der Waals surface area (Å²) in [6.45, 7) is 1.36. The number of fused-ring (bicyclic) bond motifs is 1. The Morgan fingerprint density at radius 3 is 2.48 bits per heavy atom. The molecule has 4 rings (SSSR count). The molecule has 8 heteroatoms. The molecule has 0 bridgehead atoms. The first-order valence-electron chi connectivity index (χ1n) is 8.33. The van der Waals surface area contributed by atoms with Crippen LogP contribution in [0.4, 0.5) is 8.78 Å². The first-order valence-corrected chi connectivity index (χ1v) is 8.71. The predicted molar refractivity (Wildman–Crippen MR) is 97.0 cm³/mol. The second-order valence-electron chi connectivity index (χ2n) is 6.18. The molecule has 2 aromatic carbocycles. The van der Waals surface area contributed by atoms with Gasteiger partial charge in [0, 0.05) is 22.2 Å². The van der Waals surface area contributed by atoms with Gasteiger partial charge in [-0.15, -0.1) is 0 Å². The summed E-state index contributed by atoms with van der Waals surface area (Å²) in [7, 11) is 0. The van der Waals surface area contributed by atoms with Crippen molar-refractivity contribution in [3.8, 4) is 28.1 Å². The molecule has 0 unspecified atom stereocenters. The number of aromatic nitrogens is 2. The molecule has 140 valence electrons. The molecule has 2 heterocycles. The Morgan fingerprint density at radius 2 is 1.74 bits per heavy atom. The van der Waals surface area contributed by atoms with E-state index in [1.54, 1.807) is 6.07 Å². The normalized spacial score (nSPS) is 14.0. The fourth-order valence-electron chi connectivity index (χ4n) is 3.27. The first-order chi connectivity index (χ1) is 13.0. The lowest BCUT2D eigenvalue weighted by atomic mass is 9.99. The monoisotopic (exact) mass is 392 g/mol. The number of ether oxygens (including phenoxy) is 1. The number of halogens is 3. The number of benzene rings is 2. The van der Waals surface area contributed by atoms with Gasteiger partial charge < -0.3 is 9.84 Å². The van der Waals surface area contributed by atoms with Gasteiger partial charge in [-0.25, -0.2) is 18.1 Å². The van der Waals surface area contributed by atoms with Crippen LogP contribution in [0.2, 0.25) is 5.02 Å². The third-order valence-corrected chi connectivity index (χ3v) is 4.91. The van der Waals surface area contributed by atoms with E-state index in [9.17, 15) is 18.7 Å². The van der Waals surface area contributed by atoms with Crippen molar-refractivity contribution in [3.63, 3.8) is 0 Å². The Kier molecular flexibility index (Phi) is 4.49. The van der Waals surface area contributed by atoms with Crippen LogP contribution in [-0.2, 0) is 17.8 Å². The largest absolute Gasteiger partial charge is 0.493 e. The molecule has 0 saturated heterocycles. The highest BCUT2D eigenvalue weighted by Crippen LogP contribution is 2.36. The highest BCUT2D eigenvalue weighted by atomic mass is 35.5. The van der Waals surface area contributed by atoms with E-state index in [1.165, 1.54) is 27.6 Å². The van der Waals surface area contributed by atoms with E-state index < -0.39 is 17.2 Å². The lowest BCUT2D eigenvalue weighted by molar-refractivity contribution is 0.137. The van der Waals surface area contributed by atoms with Crippen LogP contribution in [0.5, 0.6) is 5.88 Å². The van der Waals surface area contributed by atoms with E-state index in [4.69, 9.17) is 16.3 Å². The van der Waals surface area contributed by atoms with Crippen molar-refractivity contribution in [2.75, 3.05) is 13.2 Å². The van der Waals surface area contributed by atoms with E-state index in [0.29, 0.717) is 31.9 Å². The lowest BCUT2D eigenvalue weighted by Gasteiger charge is -2.09. The maximum atomic E-state index is 14.2. The van der Waals surface area contributed by atoms with Crippen molar-refractivity contribution in [1.82, 2.24) is 9.36 Å². The maximum absolute atomic E-state index is 14.2. The molecule has 0 amide bonds. The quantitative estimate of drug-likeness (QED) is 0.724. The number of rotatable bonds is 2. The van der Waals surface area contributed by atoms with Crippen LogP contribution in [0, 0.1) is 11.6 Å². The molecule has 0 saturated carbocycles. The Morgan fingerprint density at radius 1 is 1.00 bits per heavy atom. The van der Waals surface area contributed by atoms with Gasteiger partial charge in [0.2, 0.25) is 5.88 Å². The molecular weight excluding hydrogens is 378 g/mol. The Balaban J connectivity index is 1.90. The minimum atomic E-state index is -0.728. The van der Waals surface area contributed by atoms with Gasteiger partial charge in [0.15, 0.2) is 0 Å². The SMILES string of the molecule is O=c1c(-c2cc(-c3ccc(F)cc3F)ccc2Cl)c(O)n2n1CCOCC2. The second kappa shape index (κ2) is 6.83. The summed E-state index contributed by atoms with van der Waals surface area (Å²) < 4.78 is 35.5. The van der Waals surface area contributed by atoms with Crippen LogP contribution in [-0.4, -0.2) is 27.7 Å². The van der Waals surface area contributed by atoms with E-state index in [0.717, 1.165) is 12.1 Å². The Labute approximate surface area is 158 Å². The molecule has 0 spiro atoms. The summed E-state index contributed by atoms with van der Waals surface area (Å²) in [5, 5.41) is 10.9. The highest BCUT2D eigenvalue weighted by molar-refractivity contribution is 6.33. The molecule has 5 nitrogen and oxygen atoms in total. The molecule has 0 radical (unpaired) electrons. The minimum Gasteiger partial charge on any atom is -0.493 e. The molecule has 0 atom stereocenters. The summed E-state index contributed by atoms with van der Waals surface area (Å²) >= 11 is 6.28. The van der Waals surface area contributed by atoms with Gasteiger partial charge in [-0.2, -0.15) is 0 Å². The highest BCUT2D eigenvalue weighted by Gasteiger charge is 2.24. The molecule has 1 N–H and O–H groups in total. The zero-order valence-corrected chi connectivity index (χ0v) is 14.8. The molecule has 27 heavy (non-hydrogen) atoms. The maximum Gasteiger partial charge on any atom is 0.278 e. The molecule has 3 aromatic rings. The van der Waals surface area contributed by atoms with Crippen molar-refractivity contribution in [1.29, 1.82) is 0 Å². The standard InChI is InChI=1S/C19H15ClF2N2O3/c20-15-4-1-11(13-3-2-12(21)10-16(13)22)9-14(15)17-18(25)23-5-7-27-8-6-24(23)19(17)26/h1-4,9-10,25H,5-8H2. The number of hydrogen-bond acceptors (Lipinski definition) is 3. The third-order valence-electron chi connectivity index (χ3n) is 4.58. The fourth-order valence-corrected chi connectivity index (χ4v) is 3.49.